The van der Waals surface area contributed by atoms with Crippen molar-refractivity contribution in [2.75, 3.05) is 13.2 Å². The maximum absolute atomic E-state index is 13.6. The van der Waals surface area contributed by atoms with Crippen molar-refractivity contribution in [3.05, 3.63) is 80.2 Å². The molecule has 1 aliphatic heterocycles. The number of rotatable bonds is 6. The lowest BCUT2D eigenvalue weighted by Gasteiger charge is -2.25. The Bertz CT molecular complexity index is 1190. The van der Waals surface area contributed by atoms with Crippen molar-refractivity contribution in [2.45, 2.75) is 53.2 Å². The molecule has 1 aromatic heterocycles. The van der Waals surface area contributed by atoms with Crippen molar-refractivity contribution in [1.82, 2.24) is 4.90 Å². The zero-order valence-corrected chi connectivity index (χ0v) is 18.8. The lowest BCUT2D eigenvalue weighted by molar-refractivity contribution is 0.0593. The minimum atomic E-state index is -0.455. The van der Waals surface area contributed by atoms with Crippen LogP contribution >= 0.6 is 0 Å². The Morgan fingerprint density at radius 1 is 1.03 bits per heavy atom. The van der Waals surface area contributed by atoms with Crippen molar-refractivity contribution >= 4 is 16.9 Å². The number of benzene rings is 2. The van der Waals surface area contributed by atoms with E-state index in [0.29, 0.717) is 36.1 Å². The molecular weight excluding hydrogens is 390 g/mol. The molecule has 0 N–H and O–H groups in total. The summed E-state index contributed by atoms with van der Waals surface area (Å²) in [6, 6.07) is 11.4. The van der Waals surface area contributed by atoms with Gasteiger partial charge in [0, 0.05) is 13.2 Å². The number of hydrogen-bond acceptors (Lipinski definition) is 4. The van der Waals surface area contributed by atoms with Gasteiger partial charge in [0.2, 0.25) is 5.76 Å². The van der Waals surface area contributed by atoms with Crippen molar-refractivity contribution < 1.29 is 13.9 Å². The molecule has 2 heterocycles. The highest BCUT2D eigenvalue weighted by Gasteiger charge is 2.42. The summed E-state index contributed by atoms with van der Waals surface area (Å²) in [5, 5.41) is 0.533. The quantitative estimate of drug-likeness (QED) is 0.523. The van der Waals surface area contributed by atoms with E-state index < -0.39 is 6.04 Å². The molecule has 0 saturated carbocycles. The van der Waals surface area contributed by atoms with Gasteiger partial charge >= 0.3 is 0 Å². The average molecular weight is 420 g/mol. The van der Waals surface area contributed by atoms with E-state index in [-0.39, 0.29) is 23.2 Å². The van der Waals surface area contributed by atoms with Crippen LogP contribution in [-0.4, -0.2) is 30.1 Å². The average Bonchev–Trinajstić information content (AvgIpc) is 2.99. The fourth-order valence-corrected chi connectivity index (χ4v) is 4.35. The van der Waals surface area contributed by atoms with E-state index in [1.165, 1.54) is 0 Å². The molecule has 3 aromatic rings. The van der Waals surface area contributed by atoms with Crippen LogP contribution in [-0.2, 0) is 4.74 Å². The van der Waals surface area contributed by atoms with Crippen LogP contribution < -0.4 is 5.43 Å². The molecule has 1 atom stereocenters. The van der Waals surface area contributed by atoms with E-state index in [4.69, 9.17) is 9.15 Å². The normalized spacial score (nSPS) is 15.9. The predicted octanol–water partition coefficient (Wildman–Crippen LogP) is 5.08. The van der Waals surface area contributed by atoms with Gasteiger partial charge in [-0.1, -0.05) is 35.9 Å². The third-order valence-electron chi connectivity index (χ3n) is 5.78. The van der Waals surface area contributed by atoms with Gasteiger partial charge in [0.25, 0.3) is 5.91 Å². The fraction of sp³-hybridized carbons (Fsp3) is 0.385. The number of amides is 1. The lowest BCUT2D eigenvalue weighted by atomic mass is 9.96. The van der Waals surface area contributed by atoms with Crippen LogP contribution in [0.5, 0.6) is 0 Å². The standard InChI is InChI=1S/C26H29NO4/c1-15(2)30-12-6-11-27-22(19-9-7-16(3)8-10-19)21-23(28)20-14-17(4)13-18(5)24(20)31-25(21)26(27)29/h7-10,13-15,22H,6,11-12H2,1-5H3. The molecule has 5 heteroatoms. The van der Waals surface area contributed by atoms with Crippen molar-refractivity contribution in [3.63, 3.8) is 0 Å². The van der Waals surface area contributed by atoms with Crippen LogP contribution in [0.25, 0.3) is 11.0 Å². The topological polar surface area (TPSA) is 59.8 Å². The molecule has 31 heavy (non-hydrogen) atoms. The third-order valence-corrected chi connectivity index (χ3v) is 5.78. The van der Waals surface area contributed by atoms with E-state index in [1.807, 2.05) is 71.0 Å². The molecule has 0 spiro atoms. The molecule has 0 fully saturated rings. The van der Waals surface area contributed by atoms with Crippen LogP contribution in [0.3, 0.4) is 0 Å². The molecule has 0 radical (unpaired) electrons. The molecule has 0 aliphatic carbocycles. The molecule has 1 unspecified atom stereocenters. The Balaban J connectivity index is 1.85. The number of hydrogen-bond donors (Lipinski definition) is 0. The number of ether oxygens (including phenoxy) is 1. The zero-order valence-electron chi connectivity index (χ0n) is 18.8. The molecule has 4 rings (SSSR count). The first-order chi connectivity index (χ1) is 14.8. The Labute approximate surface area is 182 Å². The number of carbonyl (C=O) groups is 1. The van der Waals surface area contributed by atoms with Crippen LogP contribution in [0.4, 0.5) is 0 Å². The number of fused-ring (bicyclic) bond motifs is 2. The first-order valence-electron chi connectivity index (χ1n) is 10.8. The Hall–Kier alpha value is -2.92. The molecule has 162 valence electrons. The van der Waals surface area contributed by atoms with Crippen LogP contribution in [0.15, 0.2) is 45.6 Å². The molecular formula is C26H29NO4. The summed E-state index contributed by atoms with van der Waals surface area (Å²) in [5.41, 5.74) is 4.71. The minimum absolute atomic E-state index is 0.122. The third kappa shape index (κ3) is 3.90. The summed E-state index contributed by atoms with van der Waals surface area (Å²) in [4.78, 5) is 28.8. The second kappa shape index (κ2) is 8.31. The summed E-state index contributed by atoms with van der Waals surface area (Å²) >= 11 is 0. The second-order valence-electron chi connectivity index (χ2n) is 8.72. The Kier molecular flexibility index (Phi) is 5.71. The summed E-state index contributed by atoms with van der Waals surface area (Å²) in [5.74, 6) is -0.0658. The minimum Gasteiger partial charge on any atom is -0.450 e. The monoisotopic (exact) mass is 419 g/mol. The van der Waals surface area contributed by atoms with Gasteiger partial charge in [-0.2, -0.15) is 0 Å². The summed E-state index contributed by atoms with van der Waals surface area (Å²) in [6.07, 6.45) is 0.825. The van der Waals surface area contributed by atoms with Gasteiger partial charge in [-0.05, 0) is 63.8 Å². The molecule has 1 aliphatic rings. The molecule has 0 bridgehead atoms. The highest BCUT2D eigenvalue weighted by Crippen LogP contribution is 2.38. The first kappa shape index (κ1) is 21.3. The first-order valence-corrected chi connectivity index (χ1v) is 10.8. The lowest BCUT2D eigenvalue weighted by Crippen LogP contribution is -2.31. The smallest absolute Gasteiger partial charge is 0.290 e. The predicted molar refractivity (Wildman–Crippen MR) is 122 cm³/mol. The molecule has 1 amide bonds. The van der Waals surface area contributed by atoms with Gasteiger partial charge in [0.15, 0.2) is 5.43 Å². The van der Waals surface area contributed by atoms with Gasteiger partial charge in [-0.15, -0.1) is 0 Å². The highest BCUT2D eigenvalue weighted by molar-refractivity contribution is 5.99. The molecule has 2 aromatic carbocycles. The summed E-state index contributed by atoms with van der Waals surface area (Å²) in [6.45, 7) is 10.9. The number of carbonyl (C=O) groups excluding carboxylic acids is 1. The largest absolute Gasteiger partial charge is 0.450 e. The number of aryl methyl sites for hydroxylation is 3. The van der Waals surface area contributed by atoms with Gasteiger partial charge in [0.1, 0.15) is 5.58 Å². The van der Waals surface area contributed by atoms with E-state index >= 15 is 0 Å². The van der Waals surface area contributed by atoms with E-state index in [2.05, 4.69) is 0 Å². The van der Waals surface area contributed by atoms with Crippen LogP contribution in [0, 0.1) is 20.8 Å². The van der Waals surface area contributed by atoms with Crippen LogP contribution in [0.2, 0.25) is 0 Å². The van der Waals surface area contributed by atoms with Gasteiger partial charge in [-0.25, -0.2) is 0 Å². The maximum Gasteiger partial charge on any atom is 0.290 e. The van der Waals surface area contributed by atoms with Crippen LogP contribution in [0.1, 0.15) is 64.7 Å². The Morgan fingerprint density at radius 2 is 1.74 bits per heavy atom. The molecule has 0 saturated heterocycles. The summed E-state index contributed by atoms with van der Waals surface area (Å²) < 4.78 is 11.8. The fourth-order valence-electron chi connectivity index (χ4n) is 4.35. The van der Waals surface area contributed by atoms with Crippen molar-refractivity contribution in [1.29, 1.82) is 0 Å². The summed E-state index contributed by atoms with van der Waals surface area (Å²) in [7, 11) is 0. The van der Waals surface area contributed by atoms with Gasteiger partial charge in [0.05, 0.1) is 23.1 Å². The highest BCUT2D eigenvalue weighted by atomic mass is 16.5. The van der Waals surface area contributed by atoms with E-state index in [1.54, 1.807) is 4.90 Å². The van der Waals surface area contributed by atoms with Gasteiger partial charge < -0.3 is 14.1 Å². The SMILES string of the molecule is Cc1ccc(C2c3c(oc4c(C)cc(C)cc4c3=O)C(=O)N2CCCOC(C)C)cc1. The second-order valence-corrected chi connectivity index (χ2v) is 8.72. The number of nitrogens with zero attached hydrogens (tertiary/aromatic N) is 1. The van der Waals surface area contributed by atoms with Crippen molar-refractivity contribution in [3.8, 4) is 0 Å². The molecule has 5 nitrogen and oxygen atoms in total. The van der Waals surface area contributed by atoms with E-state index in [9.17, 15) is 9.59 Å². The van der Waals surface area contributed by atoms with E-state index in [0.717, 1.165) is 22.3 Å². The maximum atomic E-state index is 13.6. The van der Waals surface area contributed by atoms with Crippen molar-refractivity contribution in [2.24, 2.45) is 0 Å². The zero-order chi connectivity index (χ0) is 22.3. The van der Waals surface area contributed by atoms with Gasteiger partial charge in [-0.3, -0.25) is 9.59 Å². The Morgan fingerprint density at radius 3 is 2.42 bits per heavy atom.